The summed E-state index contributed by atoms with van der Waals surface area (Å²) in [5.41, 5.74) is 3.54. The van der Waals surface area contributed by atoms with Gasteiger partial charge in [0.2, 0.25) is 0 Å². The lowest BCUT2D eigenvalue weighted by Crippen LogP contribution is -2.37. The van der Waals surface area contributed by atoms with E-state index in [0.29, 0.717) is 0 Å². The summed E-state index contributed by atoms with van der Waals surface area (Å²) in [5, 5.41) is 2.66. The van der Waals surface area contributed by atoms with Gasteiger partial charge in [-0.2, -0.15) is 0 Å². The van der Waals surface area contributed by atoms with Crippen molar-refractivity contribution in [2.45, 2.75) is 31.6 Å². The van der Waals surface area contributed by atoms with Gasteiger partial charge in [-0.15, -0.1) is 0 Å². The van der Waals surface area contributed by atoms with Crippen molar-refractivity contribution in [3.05, 3.63) is 121 Å². The van der Waals surface area contributed by atoms with Crippen LogP contribution in [0.25, 0.3) is 11.1 Å². The molecular weight excluding hydrogens is 453 g/mol. The molecule has 0 unspecified atom stereocenters. The van der Waals surface area contributed by atoms with Crippen LogP contribution in [0.1, 0.15) is 32.4 Å². The van der Waals surface area contributed by atoms with Crippen molar-refractivity contribution >= 4 is 29.5 Å². The van der Waals surface area contributed by atoms with Gasteiger partial charge in [-0.25, -0.2) is 8.93 Å². The second kappa shape index (κ2) is 11.2. The third-order valence-corrected chi connectivity index (χ3v) is 9.91. The third kappa shape index (κ3) is 6.10. The van der Waals surface area contributed by atoms with E-state index in [1.54, 1.807) is 0 Å². The minimum Gasteiger partial charge on any atom is -0.242 e. The SMILES string of the molecule is CC(C)(C)[S@](=O)N[C@@H](CP(c1ccccc1)c1ccccc1)c1ccccc1-c1ccccc1. The molecule has 0 saturated heterocycles. The zero-order valence-corrected chi connectivity index (χ0v) is 21.7. The van der Waals surface area contributed by atoms with Gasteiger partial charge >= 0.3 is 0 Å². The standard InChI is InChI=1S/C30H32NOPS/c1-30(2,3)34(32)31-29(28-22-14-13-21-27(28)24-15-7-4-8-16-24)23-33(25-17-9-5-10-18-25)26-19-11-6-12-20-26/h4-22,29,31H,23H2,1-3H3/t29-,34-/m0/s1. The first-order chi connectivity index (χ1) is 16.4. The Balaban J connectivity index is 1.80. The number of hydrogen-bond acceptors (Lipinski definition) is 1. The maximum atomic E-state index is 13.4. The molecular formula is C30H32NOPS. The molecule has 0 spiro atoms. The summed E-state index contributed by atoms with van der Waals surface area (Å²) in [4.78, 5) is 0. The summed E-state index contributed by atoms with van der Waals surface area (Å²) in [6.07, 6.45) is 0.856. The molecule has 34 heavy (non-hydrogen) atoms. The summed E-state index contributed by atoms with van der Waals surface area (Å²) < 4.78 is 16.5. The molecule has 0 radical (unpaired) electrons. The first-order valence-electron chi connectivity index (χ1n) is 11.6. The zero-order valence-electron chi connectivity index (χ0n) is 20.0. The van der Waals surface area contributed by atoms with Gasteiger partial charge in [-0.3, -0.25) is 0 Å². The minimum atomic E-state index is -1.20. The topological polar surface area (TPSA) is 29.1 Å². The smallest absolute Gasteiger partial charge is 0.0976 e. The van der Waals surface area contributed by atoms with E-state index in [2.05, 4.69) is 114 Å². The van der Waals surface area contributed by atoms with Gasteiger partial charge in [-0.1, -0.05) is 115 Å². The van der Waals surface area contributed by atoms with Crippen molar-refractivity contribution in [2.75, 3.05) is 6.16 Å². The van der Waals surface area contributed by atoms with Crippen molar-refractivity contribution in [1.29, 1.82) is 0 Å². The Hall–Kier alpha value is -2.58. The second-order valence-corrected chi connectivity index (χ2v) is 13.5. The van der Waals surface area contributed by atoms with Crippen molar-refractivity contribution < 1.29 is 4.21 Å². The number of hydrogen-bond donors (Lipinski definition) is 1. The van der Waals surface area contributed by atoms with Gasteiger partial charge in [-0.05, 0) is 62.2 Å². The highest BCUT2D eigenvalue weighted by atomic mass is 32.2. The average Bonchev–Trinajstić information content (AvgIpc) is 2.87. The van der Waals surface area contributed by atoms with Gasteiger partial charge in [0.05, 0.1) is 15.7 Å². The molecule has 0 bridgehead atoms. The molecule has 0 aliphatic carbocycles. The highest BCUT2D eigenvalue weighted by Gasteiger charge is 2.28. The van der Waals surface area contributed by atoms with E-state index in [0.717, 1.165) is 6.16 Å². The van der Waals surface area contributed by atoms with Crippen LogP contribution in [0.5, 0.6) is 0 Å². The molecule has 0 heterocycles. The van der Waals surface area contributed by atoms with Crippen LogP contribution in [0, 0.1) is 0 Å². The lowest BCUT2D eigenvalue weighted by molar-refractivity contribution is 0.618. The van der Waals surface area contributed by atoms with Gasteiger partial charge in [0.15, 0.2) is 0 Å². The molecule has 4 aromatic rings. The van der Waals surface area contributed by atoms with E-state index >= 15 is 0 Å². The lowest BCUT2D eigenvalue weighted by atomic mass is 9.96. The van der Waals surface area contributed by atoms with E-state index in [-0.39, 0.29) is 10.8 Å². The van der Waals surface area contributed by atoms with Gasteiger partial charge in [0.25, 0.3) is 0 Å². The fourth-order valence-electron chi connectivity index (χ4n) is 3.94. The van der Waals surface area contributed by atoms with E-state index in [4.69, 9.17) is 0 Å². The fraction of sp³-hybridized carbons (Fsp3) is 0.200. The molecule has 1 N–H and O–H groups in total. The molecule has 0 amide bonds. The maximum absolute atomic E-state index is 13.4. The van der Waals surface area contributed by atoms with E-state index < -0.39 is 18.9 Å². The maximum Gasteiger partial charge on any atom is 0.0976 e. The van der Waals surface area contributed by atoms with Crippen molar-refractivity contribution in [3.63, 3.8) is 0 Å². The minimum absolute atomic E-state index is 0.0667. The Morgan fingerprint density at radius 2 is 1.18 bits per heavy atom. The highest BCUT2D eigenvalue weighted by Crippen LogP contribution is 2.40. The second-order valence-electron chi connectivity index (χ2n) is 9.29. The van der Waals surface area contributed by atoms with E-state index in [9.17, 15) is 4.21 Å². The Kier molecular flexibility index (Phi) is 8.11. The Morgan fingerprint density at radius 1 is 0.706 bits per heavy atom. The predicted octanol–water partition coefficient (Wildman–Crippen LogP) is 6.58. The summed E-state index contributed by atoms with van der Waals surface area (Å²) >= 11 is 0. The molecule has 2 atom stereocenters. The fourth-order valence-corrected chi connectivity index (χ4v) is 7.33. The van der Waals surface area contributed by atoms with Crippen LogP contribution in [-0.2, 0) is 11.0 Å². The van der Waals surface area contributed by atoms with Crippen LogP contribution in [0.3, 0.4) is 0 Å². The molecule has 0 aromatic heterocycles. The van der Waals surface area contributed by atoms with Gasteiger partial charge < -0.3 is 0 Å². The van der Waals surface area contributed by atoms with Gasteiger partial charge in [0, 0.05) is 6.04 Å². The van der Waals surface area contributed by atoms with Gasteiger partial charge in [0.1, 0.15) is 0 Å². The summed E-state index contributed by atoms with van der Waals surface area (Å²) in [5.74, 6) is 0. The van der Waals surface area contributed by atoms with Crippen molar-refractivity contribution in [1.82, 2.24) is 4.72 Å². The molecule has 4 aromatic carbocycles. The molecule has 0 aliphatic heterocycles. The summed E-state index contributed by atoms with van der Waals surface area (Å²) in [7, 11) is -1.86. The number of benzene rings is 4. The largest absolute Gasteiger partial charge is 0.242 e. The predicted molar refractivity (Wildman–Crippen MR) is 150 cm³/mol. The van der Waals surface area contributed by atoms with Crippen LogP contribution >= 0.6 is 7.92 Å². The van der Waals surface area contributed by atoms with Crippen molar-refractivity contribution in [2.24, 2.45) is 0 Å². The number of rotatable bonds is 8. The first kappa shape index (κ1) is 24.5. The van der Waals surface area contributed by atoms with Crippen LogP contribution < -0.4 is 15.3 Å². The molecule has 174 valence electrons. The highest BCUT2D eigenvalue weighted by molar-refractivity contribution is 7.84. The Morgan fingerprint density at radius 3 is 1.71 bits per heavy atom. The molecule has 4 heteroatoms. The quantitative estimate of drug-likeness (QED) is 0.281. The number of nitrogens with one attached hydrogen (secondary N) is 1. The van der Waals surface area contributed by atoms with Crippen LogP contribution in [0.4, 0.5) is 0 Å². The van der Waals surface area contributed by atoms with Crippen LogP contribution in [0.2, 0.25) is 0 Å². The zero-order chi connectivity index (χ0) is 24.0. The molecule has 0 aliphatic rings. The molecule has 2 nitrogen and oxygen atoms in total. The lowest BCUT2D eigenvalue weighted by Gasteiger charge is -2.30. The Labute approximate surface area is 207 Å². The van der Waals surface area contributed by atoms with E-state index in [1.165, 1.54) is 27.3 Å². The van der Waals surface area contributed by atoms with Crippen LogP contribution in [-0.4, -0.2) is 15.1 Å². The first-order valence-corrected chi connectivity index (χ1v) is 14.3. The van der Waals surface area contributed by atoms with Crippen LogP contribution in [0.15, 0.2) is 115 Å². The molecule has 0 saturated carbocycles. The van der Waals surface area contributed by atoms with Crippen molar-refractivity contribution in [3.8, 4) is 11.1 Å². The third-order valence-electron chi connectivity index (χ3n) is 5.73. The monoisotopic (exact) mass is 485 g/mol. The average molecular weight is 486 g/mol. The molecule has 0 fully saturated rings. The molecule has 4 rings (SSSR count). The summed E-state index contributed by atoms with van der Waals surface area (Å²) in [6.45, 7) is 6.06. The normalized spacial score (nSPS) is 13.5. The van der Waals surface area contributed by atoms with E-state index in [1.807, 2.05) is 26.8 Å². The summed E-state index contributed by atoms with van der Waals surface area (Å²) in [6, 6.07) is 40.4. The Bertz CT molecular complexity index is 1170.